The van der Waals surface area contributed by atoms with Crippen molar-refractivity contribution >= 4 is 10.0 Å². The minimum absolute atomic E-state index is 0.119. The Labute approximate surface area is 183 Å². The van der Waals surface area contributed by atoms with Gasteiger partial charge in [0, 0.05) is 31.1 Å². The first-order valence-electron chi connectivity index (χ1n) is 10.5. The third kappa shape index (κ3) is 3.55. The van der Waals surface area contributed by atoms with Gasteiger partial charge in [0.25, 0.3) is 0 Å². The molecule has 160 valence electrons. The number of rotatable bonds is 5. The predicted molar refractivity (Wildman–Crippen MR) is 122 cm³/mol. The molecule has 3 heterocycles. The van der Waals surface area contributed by atoms with Gasteiger partial charge in [-0.3, -0.25) is 0 Å². The predicted octanol–water partition coefficient (Wildman–Crippen LogP) is 3.80. The molecule has 31 heavy (non-hydrogen) atoms. The number of hydrogen-bond acceptors (Lipinski definition) is 4. The van der Waals surface area contributed by atoms with Crippen molar-refractivity contribution in [3.63, 3.8) is 0 Å². The van der Waals surface area contributed by atoms with E-state index in [1.807, 2.05) is 0 Å². The number of nitrogens with one attached hydrogen (secondary N) is 1. The zero-order chi connectivity index (χ0) is 21.6. The highest BCUT2D eigenvalue weighted by atomic mass is 32.2. The van der Waals surface area contributed by atoms with Gasteiger partial charge in [0.2, 0.25) is 10.0 Å². The Balaban J connectivity index is 1.34. The fourth-order valence-corrected chi connectivity index (χ4v) is 6.49. The molecule has 0 radical (unpaired) electrons. The van der Waals surface area contributed by atoms with Crippen LogP contribution in [0.5, 0.6) is 5.75 Å². The number of benzene rings is 3. The molecule has 0 spiro atoms. The number of para-hydroxylation sites is 1. The highest BCUT2D eigenvalue weighted by Gasteiger charge is 2.50. The molecular formula is C25H26N2O3S. The number of aryl methyl sites for hydroxylation is 1. The van der Waals surface area contributed by atoms with Crippen LogP contribution < -0.4 is 10.1 Å². The summed E-state index contributed by atoms with van der Waals surface area (Å²) in [5.41, 5.74) is 4.92. The topological polar surface area (TPSA) is 58.6 Å². The standard InChI is InChI=1S/C25H26N2O3S/c1-17-6-5-7-20(14-17)18-10-12-19(13-11-18)25-21-15-27(16-22(25)26-21)31(28,29)24-9-4-3-8-23(24)30-2/h3-14,21-22,25-26H,15-16H2,1-2H3/t21-,22+,25?. The maximum absolute atomic E-state index is 13.2. The summed E-state index contributed by atoms with van der Waals surface area (Å²) in [7, 11) is -2.09. The van der Waals surface area contributed by atoms with Crippen molar-refractivity contribution in [3.8, 4) is 16.9 Å². The van der Waals surface area contributed by atoms with Gasteiger partial charge in [0.05, 0.1) is 7.11 Å². The van der Waals surface area contributed by atoms with Crippen LogP contribution in [0, 0.1) is 6.92 Å². The smallest absolute Gasteiger partial charge is 0.246 e. The highest BCUT2D eigenvalue weighted by molar-refractivity contribution is 7.89. The van der Waals surface area contributed by atoms with Crippen LogP contribution in [0.4, 0.5) is 0 Å². The zero-order valence-corrected chi connectivity index (χ0v) is 18.5. The normalized spacial score (nSPS) is 23.2. The van der Waals surface area contributed by atoms with Gasteiger partial charge in [-0.15, -0.1) is 0 Å². The summed E-state index contributed by atoms with van der Waals surface area (Å²) in [5.74, 6) is 0.716. The Kier molecular flexibility index (Phi) is 5.08. The van der Waals surface area contributed by atoms with Crippen molar-refractivity contribution in [2.24, 2.45) is 0 Å². The Hall–Kier alpha value is -2.67. The van der Waals surface area contributed by atoms with Gasteiger partial charge in [0.15, 0.2) is 0 Å². The van der Waals surface area contributed by atoms with E-state index in [2.05, 4.69) is 60.8 Å². The number of nitrogens with zero attached hydrogens (tertiary/aromatic N) is 1. The van der Waals surface area contributed by atoms with E-state index in [0.29, 0.717) is 24.8 Å². The van der Waals surface area contributed by atoms with E-state index in [1.54, 1.807) is 28.6 Å². The van der Waals surface area contributed by atoms with Crippen LogP contribution in [-0.4, -0.2) is 45.0 Å². The average molecular weight is 435 g/mol. The second-order valence-electron chi connectivity index (χ2n) is 8.37. The van der Waals surface area contributed by atoms with Gasteiger partial charge in [-0.25, -0.2) is 8.42 Å². The molecule has 6 rings (SSSR count). The summed E-state index contributed by atoms with van der Waals surface area (Å²) < 4.78 is 33.3. The lowest BCUT2D eigenvalue weighted by Gasteiger charge is -2.54. The second-order valence-corrected chi connectivity index (χ2v) is 10.3. The molecule has 6 heteroatoms. The molecular weight excluding hydrogens is 408 g/mol. The molecule has 0 saturated carbocycles. The SMILES string of the molecule is COc1ccccc1S(=O)(=O)N1C[C@@H]2N[C@H](C1)C2c1ccc(-c2cccc(C)c2)cc1. The number of hydrogen-bond donors (Lipinski definition) is 1. The third-order valence-electron chi connectivity index (χ3n) is 6.43. The number of sulfonamides is 1. The van der Waals surface area contributed by atoms with Gasteiger partial charge < -0.3 is 10.1 Å². The highest BCUT2D eigenvalue weighted by Crippen LogP contribution is 2.40. The molecule has 3 fully saturated rings. The van der Waals surface area contributed by atoms with Crippen molar-refractivity contribution in [2.45, 2.75) is 29.8 Å². The first kappa shape index (κ1) is 20.2. The summed E-state index contributed by atoms with van der Waals surface area (Å²) in [5, 5.41) is 3.53. The van der Waals surface area contributed by atoms with E-state index < -0.39 is 10.0 Å². The maximum atomic E-state index is 13.2. The molecule has 3 aromatic carbocycles. The lowest BCUT2D eigenvalue weighted by atomic mass is 9.75. The molecule has 0 aromatic heterocycles. The van der Waals surface area contributed by atoms with Crippen LogP contribution in [0.25, 0.3) is 11.1 Å². The largest absolute Gasteiger partial charge is 0.495 e. The van der Waals surface area contributed by atoms with Gasteiger partial charge in [-0.2, -0.15) is 4.31 Å². The van der Waals surface area contributed by atoms with Crippen LogP contribution in [0.15, 0.2) is 77.7 Å². The van der Waals surface area contributed by atoms with Crippen molar-refractivity contribution in [1.82, 2.24) is 9.62 Å². The number of piperidine rings is 1. The zero-order valence-electron chi connectivity index (χ0n) is 17.7. The molecule has 3 atom stereocenters. The quantitative estimate of drug-likeness (QED) is 0.664. The van der Waals surface area contributed by atoms with E-state index in [9.17, 15) is 8.42 Å². The Bertz CT molecular complexity index is 1200. The van der Waals surface area contributed by atoms with E-state index in [0.717, 1.165) is 0 Å². The first-order chi connectivity index (χ1) is 15.0. The molecule has 0 aliphatic carbocycles. The Morgan fingerprint density at radius 3 is 2.29 bits per heavy atom. The summed E-state index contributed by atoms with van der Waals surface area (Å²) in [4.78, 5) is 0.234. The molecule has 3 aliphatic heterocycles. The molecule has 2 bridgehead atoms. The van der Waals surface area contributed by atoms with Gasteiger partial charge in [-0.1, -0.05) is 66.2 Å². The van der Waals surface area contributed by atoms with Gasteiger partial charge >= 0.3 is 0 Å². The van der Waals surface area contributed by atoms with Gasteiger partial charge in [-0.05, 0) is 35.7 Å². The summed E-state index contributed by atoms with van der Waals surface area (Å²) in [6, 6.07) is 24.3. The average Bonchev–Trinajstić information content (AvgIpc) is 2.79. The van der Waals surface area contributed by atoms with Gasteiger partial charge in [0.1, 0.15) is 10.6 Å². The Morgan fingerprint density at radius 2 is 1.61 bits per heavy atom. The van der Waals surface area contributed by atoms with Crippen molar-refractivity contribution < 1.29 is 13.2 Å². The number of methoxy groups -OCH3 is 1. The van der Waals surface area contributed by atoms with Crippen molar-refractivity contribution in [1.29, 1.82) is 0 Å². The second kappa shape index (κ2) is 7.79. The molecule has 1 unspecified atom stereocenters. The molecule has 1 N–H and O–H groups in total. The fourth-order valence-electron chi connectivity index (χ4n) is 4.84. The number of ether oxygens (including phenoxy) is 1. The summed E-state index contributed by atoms with van der Waals surface area (Å²) in [6.07, 6.45) is 0. The number of piperazine rings is 1. The van der Waals surface area contributed by atoms with Crippen LogP contribution in [0.1, 0.15) is 17.0 Å². The molecule has 3 aromatic rings. The maximum Gasteiger partial charge on any atom is 0.246 e. The monoisotopic (exact) mass is 434 g/mol. The van der Waals surface area contributed by atoms with Crippen molar-refractivity contribution in [3.05, 3.63) is 83.9 Å². The van der Waals surface area contributed by atoms with Crippen LogP contribution in [0.2, 0.25) is 0 Å². The van der Waals surface area contributed by atoms with E-state index >= 15 is 0 Å². The van der Waals surface area contributed by atoms with Crippen molar-refractivity contribution in [2.75, 3.05) is 20.2 Å². The molecule has 5 nitrogen and oxygen atoms in total. The van der Waals surface area contributed by atoms with E-state index in [4.69, 9.17) is 4.74 Å². The lowest BCUT2D eigenvalue weighted by Crippen LogP contribution is -2.72. The van der Waals surface area contributed by atoms with Crippen LogP contribution in [0.3, 0.4) is 0 Å². The number of fused-ring (bicyclic) bond motifs is 2. The Morgan fingerprint density at radius 1 is 0.903 bits per heavy atom. The summed E-state index contributed by atoms with van der Waals surface area (Å²) in [6.45, 7) is 3.02. The minimum Gasteiger partial charge on any atom is -0.495 e. The third-order valence-corrected chi connectivity index (χ3v) is 8.30. The van der Waals surface area contributed by atoms with Crippen LogP contribution >= 0.6 is 0 Å². The summed E-state index contributed by atoms with van der Waals surface area (Å²) >= 11 is 0. The molecule has 3 saturated heterocycles. The molecule has 3 aliphatic rings. The lowest BCUT2D eigenvalue weighted by molar-refractivity contribution is 0.101. The molecule has 0 amide bonds. The van der Waals surface area contributed by atoms with E-state index in [-0.39, 0.29) is 17.0 Å². The first-order valence-corrected chi connectivity index (χ1v) is 12.0. The van der Waals surface area contributed by atoms with Crippen LogP contribution in [-0.2, 0) is 10.0 Å². The van der Waals surface area contributed by atoms with E-state index in [1.165, 1.54) is 29.4 Å². The fraction of sp³-hybridized carbons (Fsp3) is 0.280. The minimum atomic E-state index is -3.59.